The first-order valence-electron chi connectivity index (χ1n) is 17.1. The van der Waals surface area contributed by atoms with Gasteiger partial charge in [0.2, 0.25) is 17.8 Å². The van der Waals surface area contributed by atoms with Gasteiger partial charge in [-0.05, 0) is 19.8 Å². The summed E-state index contributed by atoms with van der Waals surface area (Å²) < 4.78 is 47.5. The number of ether oxygens (including phenoxy) is 8. The molecule has 2 aliphatic rings. The molecule has 2 aromatic heterocycles. The molecule has 0 aromatic carbocycles. The molecule has 0 spiro atoms. The molecule has 0 bridgehead atoms. The van der Waals surface area contributed by atoms with Gasteiger partial charge >= 0.3 is 0 Å². The highest BCUT2D eigenvalue weighted by Gasteiger charge is 2.48. The fourth-order valence-electron chi connectivity index (χ4n) is 5.85. The number of nitrogens with zero attached hydrogens (tertiary/aromatic N) is 3. The van der Waals surface area contributed by atoms with Gasteiger partial charge < -0.3 is 69.6 Å². The average Bonchev–Trinajstić information content (AvgIpc) is 3.69. The van der Waals surface area contributed by atoms with Crippen molar-refractivity contribution in [3.8, 4) is 0 Å². The zero-order chi connectivity index (χ0) is 37.6. The summed E-state index contributed by atoms with van der Waals surface area (Å²) in [5.74, 6) is -0.683. The zero-order valence-corrected chi connectivity index (χ0v) is 29.5. The number of carbonyl (C=O) groups is 2. The van der Waals surface area contributed by atoms with E-state index in [9.17, 15) is 29.7 Å². The highest BCUT2D eigenvalue weighted by molar-refractivity contribution is 5.75. The smallest absolute Gasteiger partial charge is 0.280 e. The van der Waals surface area contributed by atoms with Crippen LogP contribution in [0.4, 0.5) is 5.95 Å². The Morgan fingerprint density at radius 3 is 2.56 bits per heavy atom. The second-order valence-electron chi connectivity index (χ2n) is 12.1. The van der Waals surface area contributed by atoms with Gasteiger partial charge in [-0.15, -0.1) is 0 Å². The minimum Gasteiger partial charge on any atom is -0.394 e. The van der Waals surface area contributed by atoms with Gasteiger partial charge in [0.25, 0.3) is 5.56 Å². The second kappa shape index (κ2) is 20.8. The van der Waals surface area contributed by atoms with Crippen LogP contribution in [-0.4, -0.2) is 162 Å². The first-order valence-corrected chi connectivity index (χ1v) is 17.1. The van der Waals surface area contributed by atoms with Crippen molar-refractivity contribution in [3.63, 3.8) is 0 Å². The van der Waals surface area contributed by atoms with Gasteiger partial charge in [-0.25, -0.2) is 4.98 Å². The van der Waals surface area contributed by atoms with Gasteiger partial charge in [-0.2, -0.15) is 4.98 Å². The molecule has 2 saturated heterocycles. The lowest BCUT2D eigenvalue weighted by atomic mass is 9.97. The van der Waals surface area contributed by atoms with Crippen molar-refractivity contribution in [1.82, 2.24) is 30.2 Å². The van der Waals surface area contributed by atoms with Crippen LogP contribution in [0, 0.1) is 0 Å². The molecule has 8 N–H and O–H groups in total. The lowest BCUT2D eigenvalue weighted by Gasteiger charge is -2.42. The van der Waals surface area contributed by atoms with Crippen LogP contribution in [0.25, 0.3) is 11.2 Å². The summed E-state index contributed by atoms with van der Waals surface area (Å²) in [6, 6.07) is -1.02. The Kier molecular flexibility index (Phi) is 16.5. The molecule has 0 unspecified atom stereocenters. The van der Waals surface area contributed by atoms with Gasteiger partial charge in [0, 0.05) is 40.2 Å². The number of carbonyl (C=O) groups excluding carboxylic acids is 2. The number of nitrogens with one attached hydrogen (secondary N) is 3. The summed E-state index contributed by atoms with van der Waals surface area (Å²) in [5, 5.41) is 35.1. The molecule has 2 aliphatic heterocycles. The predicted octanol–water partition coefficient (Wildman–Crippen LogP) is -2.73. The van der Waals surface area contributed by atoms with Gasteiger partial charge in [-0.3, -0.25) is 23.9 Å². The number of methoxy groups -OCH3 is 1. The van der Waals surface area contributed by atoms with E-state index >= 15 is 0 Å². The molecule has 0 saturated carbocycles. The molecular formula is C31H51N7O14. The first kappa shape index (κ1) is 41.4. The summed E-state index contributed by atoms with van der Waals surface area (Å²) in [5.41, 5.74) is 5.62. The molecule has 21 nitrogen and oxygen atoms in total. The fourth-order valence-corrected chi connectivity index (χ4v) is 5.85. The zero-order valence-electron chi connectivity index (χ0n) is 29.5. The lowest BCUT2D eigenvalue weighted by molar-refractivity contribution is -0.270. The number of hydrogen-bond donors (Lipinski definition) is 7. The van der Waals surface area contributed by atoms with E-state index in [-0.39, 0.29) is 69.3 Å². The maximum absolute atomic E-state index is 12.3. The number of aliphatic hydroxyl groups is 3. The SMILES string of the molecule is CCOC[C@H]1O[C@@H](n2cnc3c(=O)[nH]c(N)nc32)[C@H](OCOCCOCCNC(=O)CCCCO[C@@H]2O[C@H](CO)[C@H](O)[C@H](O)[C@H]2NC(C)=O)[C@@H]1OC. The van der Waals surface area contributed by atoms with Crippen molar-refractivity contribution in [2.24, 2.45) is 0 Å². The predicted molar refractivity (Wildman–Crippen MR) is 178 cm³/mol. The van der Waals surface area contributed by atoms with Gasteiger partial charge in [0.15, 0.2) is 23.7 Å². The molecular weight excluding hydrogens is 694 g/mol. The number of aromatic nitrogens is 4. The number of hydrogen-bond acceptors (Lipinski definition) is 17. The van der Waals surface area contributed by atoms with Crippen LogP contribution in [0.3, 0.4) is 0 Å². The van der Waals surface area contributed by atoms with E-state index in [2.05, 4.69) is 25.6 Å². The van der Waals surface area contributed by atoms with E-state index in [0.717, 1.165) is 0 Å². The number of aromatic amines is 1. The largest absolute Gasteiger partial charge is 0.394 e. The second-order valence-corrected chi connectivity index (χ2v) is 12.1. The standard InChI is InChI=1S/C31H51N7O14/c1-4-46-14-19-25(45-3)26(29(51-19)38-15-34-22-27(38)36-31(32)37-28(22)44)50-16-48-12-11-47-10-8-33-20(41)7-5-6-9-49-30-21(35-17(2)40)24(43)23(42)18(13-39)52-30/h15,18-19,21,23-26,29-30,39,42-43H,4-14,16H2,1-3H3,(H,33,41)(H,35,40)(H3,32,36,37,44)/t18-,19-,21-,23+,24-,25-,26-,29-,30-/m1/s1. The number of aliphatic hydroxyl groups excluding tert-OH is 3. The van der Waals surface area contributed by atoms with Crippen LogP contribution in [0.15, 0.2) is 11.1 Å². The van der Waals surface area contributed by atoms with Crippen LogP contribution >= 0.6 is 0 Å². The number of imidazole rings is 1. The summed E-state index contributed by atoms with van der Waals surface area (Å²) in [6.07, 6.45) is -4.77. The van der Waals surface area contributed by atoms with Gasteiger partial charge in [0.1, 0.15) is 49.5 Å². The monoisotopic (exact) mass is 745 g/mol. The van der Waals surface area contributed by atoms with E-state index in [4.69, 9.17) is 43.6 Å². The fraction of sp³-hybridized carbons (Fsp3) is 0.774. The number of nitrogens with two attached hydrogens (primary N) is 1. The van der Waals surface area contributed by atoms with E-state index in [0.29, 0.717) is 26.0 Å². The third kappa shape index (κ3) is 11.1. The number of H-pyrrole nitrogens is 1. The Morgan fingerprint density at radius 2 is 1.83 bits per heavy atom. The minimum absolute atomic E-state index is 0.0672. The Hall–Kier alpha value is -3.35. The summed E-state index contributed by atoms with van der Waals surface area (Å²) in [6.45, 7) is 4.34. The van der Waals surface area contributed by atoms with Crippen molar-refractivity contribution < 1.29 is 62.8 Å². The van der Waals surface area contributed by atoms with E-state index in [1.807, 2.05) is 6.92 Å². The van der Waals surface area contributed by atoms with Gasteiger partial charge in [-0.1, -0.05) is 0 Å². The summed E-state index contributed by atoms with van der Waals surface area (Å²) in [4.78, 5) is 46.9. The van der Waals surface area contributed by atoms with Crippen LogP contribution in [0.5, 0.6) is 0 Å². The normalized spacial score (nSPS) is 27.6. The average molecular weight is 746 g/mol. The molecule has 4 rings (SSSR count). The molecule has 0 radical (unpaired) electrons. The maximum atomic E-state index is 12.3. The summed E-state index contributed by atoms with van der Waals surface area (Å²) in [7, 11) is 1.54. The highest BCUT2D eigenvalue weighted by atomic mass is 16.7. The number of anilines is 1. The number of fused-ring (bicyclic) bond motifs is 1. The number of nitrogen functional groups attached to an aromatic ring is 1. The Morgan fingerprint density at radius 1 is 1.04 bits per heavy atom. The molecule has 294 valence electrons. The lowest BCUT2D eigenvalue weighted by Crippen LogP contribution is -2.64. The van der Waals surface area contributed by atoms with Gasteiger partial charge in [0.05, 0.1) is 39.4 Å². The molecule has 0 aliphatic carbocycles. The van der Waals surface area contributed by atoms with Crippen molar-refractivity contribution in [1.29, 1.82) is 0 Å². The Balaban J connectivity index is 1.11. The minimum atomic E-state index is -1.39. The quantitative estimate of drug-likeness (QED) is 0.0476. The molecule has 2 amide bonds. The van der Waals surface area contributed by atoms with E-state index in [1.165, 1.54) is 20.4 Å². The highest BCUT2D eigenvalue weighted by Crippen LogP contribution is 2.35. The number of unbranched alkanes of at least 4 members (excludes halogenated alkanes) is 1. The number of rotatable bonds is 22. The molecule has 4 heterocycles. The maximum Gasteiger partial charge on any atom is 0.280 e. The van der Waals surface area contributed by atoms with Crippen LogP contribution < -0.4 is 21.9 Å². The third-order valence-corrected chi connectivity index (χ3v) is 8.38. The number of amides is 2. The first-order chi connectivity index (χ1) is 25.1. The molecule has 2 fully saturated rings. The summed E-state index contributed by atoms with van der Waals surface area (Å²) >= 11 is 0. The third-order valence-electron chi connectivity index (χ3n) is 8.38. The van der Waals surface area contributed by atoms with Crippen molar-refractivity contribution >= 4 is 28.9 Å². The van der Waals surface area contributed by atoms with Crippen molar-refractivity contribution in [2.45, 2.75) is 88.3 Å². The Bertz CT molecular complexity index is 1460. The molecule has 52 heavy (non-hydrogen) atoms. The molecule has 9 atom stereocenters. The van der Waals surface area contributed by atoms with Crippen LogP contribution in [0.2, 0.25) is 0 Å². The Labute approximate surface area is 299 Å². The van der Waals surface area contributed by atoms with Crippen molar-refractivity contribution in [3.05, 3.63) is 16.7 Å². The molecule has 2 aromatic rings. The van der Waals surface area contributed by atoms with Crippen LogP contribution in [0.1, 0.15) is 39.3 Å². The molecule has 21 heteroatoms. The topological polar surface area (TPSA) is 282 Å². The van der Waals surface area contributed by atoms with E-state index < -0.39 is 73.3 Å². The van der Waals surface area contributed by atoms with Crippen molar-refractivity contribution in [2.75, 3.05) is 72.4 Å². The van der Waals surface area contributed by atoms with Crippen LogP contribution in [-0.2, 0) is 47.5 Å². The van der Waals surface area contributed by atoms with E-state index in [1.54, 1.807) is 4.57 Å².